The van der Waals surface area contributed by atoms with E-state index in [1.54, 1.807) is 4.68 Å². The van der Waals surface area contributed by atoms with Gasteiger partial charge in [0.1, 0.15) is 0 Å². The van der Waals surface area contributed by atoms with Gasteiger partial charge in [0.25, 0.3) is 5.56 Å². The van der Waals surface area contributed by atoms with Crippen LogP contribution in [-0.2, 0) is 6.54 Å². The van der Waals surface area contributed by atoms with Gasteiger partial charge in [-0.25, -0.2) is 4.68 Å². The molecular weight excluding hydrogens is 200 g/mol. The van der Waals surface area contributed by atoms with E-state index in [2.05, 4.69) is 18.9 Å². The van der Waals surface area contributed by atoms with Crippen molar-refractivity contribution < 1.29 is 0 Å². The second-order valence-corrected chi connectivity index (χ2v) is 4.51. The fourth-order valence-corrected chi connectivity index (χ4v) is 1.87. The van der Waals surface area contributed by atoms with Gasteiger partial charge in [0.15, 0.2) is 0 Å². The molecule has 0 N–H and O–H groups in total. The fourth-order valence-electron chi connectivity index (χ4n) is 1.87. The highest BCUT2D eigenvalue weighted by molar-refractivity contribution is 5.83. The number of aryl methyl sites for hydroxylation is 1. The van der Waals surface area contributed by atoms with Crippen LogP contribution in [0.25, 0.3) is 10.8 Å². The molecule has 0 spiro atoms. The van der Waals surface area contributed by atoms with Crippen molar-refractivity contribution in [2.24, 2.45) is 5.92 Å². The average molecular weight is 216 g/mol. The van der Waals surface area contributed by atoms with Gasteiger partial charge in [-0.05, 0) is 18.9 Å². The Hall–Kier alpha value is -1.64. The highest BCUT2D eigenvalue weighted by Crippen LogP contribution is 2.12. The molecule has 0 aliphatic rings. The van der Waals surface area contributed by atoms with Crippen LogP contribution in [0.5, 0.6) is 0 Å². The van der Waals surface area contributed by atoms with Crippen LogP contribution in [0, 0.1) is 12.8 Å². The molecule has 1 aromatic heterocycles. The van der Waals surface area contributed by atoms with Gasteiger partial charge in [0.2, 0.25) is 0 Å². The van der Waals surface area contributed by atoms with Crippen LogP contribution in [0.2, 0.25) is 0 Å². The summed E-state index contributed by atoms with van der Waals surface area (Å²) in [5.41, 5.74) is 0.922. The molecule has 0 unspecified atom stereocenters. The number of rotatable bonds is 2. The van der Waals surface area contributed by atoms with Crippen molar-refractivity contribution in [1.82, 2.24) is 9.78 Å². The van der Waals surface area contributed by atoms with Crippen molar-refractivity contribution in [3.05, 3.63) is 40.3 Å². The van der Waals surface area contributed by atoms with Gasteiger partial charge in [-0.3, -0.25) is 4.79 Å². The SMILES string of the molecule is Cc1nn(CC(C)C)c(=O)c2ccccc12. The third-order valence-corrected chi connectivity index (χ3v) is 2.59. The number of aromatic nitrogens is 2. The van der Waals surface area contributed by atoms with Crippen LogP contribution in [-0.4, -0.2) is 9.78 Å². The summed E-state index contributed by atoms with van der Waals surface area (Å²) in [6.45, 7) is 6.78. The molecule has 0 aliphatic heterocycles. The molecule has 1 heterocycles. The van der Waals surface area contributed by atoms with Crippen molar-refractivity contribution in [2.45, 2.75) is 27.3 Å². The summed E-state index contributed by atoms with van der Waals surface area (Å²) in [4.78, 5) is 12.1. The van der Waals surface area contributed by atoms with E-state index in [9.17, 15) is 4.79 Å². The lowest BCUT2D eigenvalue weighted by atomic mass is 10.1. The Kier molecular flexibility index (Phi) is 2.77. The van der Waals surface area contributed by atoms with Crippen LogP contribution >= 0.6 is 0 Å². The number of hydrogen-bond acceptors (Lipinski definition) is 2. The summed E-state index contributed by atoms with van der Waals surface area (Å²) < 4.78 is 1.57. The monoisotopic (exact) mass is 216 g/mol. The Labute approximate surface area is 94.7 Å². The molecule has 2 aromatic rings. The number of nitrogens with zero attached hydrogens (tertiary/aromatic N) is 2. The smallest absolute Gasteiger partial charge is 0.267 e. The van der Waals surface area contributed by atoms with Crippen molar-refractivity contribution in [2.75, 3.05) is 0 Å². The Bertz CT molecular complexity index is 570. The van der Waals surface area contributed by atoms with E-state index in [1.807, 2.05) is 31.2 Å². The topological polar surface area (TPSA) is 34.9 Å². The zero-order chi connectivity index (χ0) is 11.7. The quantitative estimate of drug-likeness (QED) is 0.772. The Morgan fingerprint density at radius 1 is 1.25 bits per heavy atom. The fraction of sp³-hybridized carbons (Fsp3) is 0.385. The first kappa shape index (κ1) is 10.9. The highest BCUT2D eigenvalue weighted by Gasteiger charge is 2.07. The van der Waals surface area contributed by atoms with E-state index in [0.29, 0.717) is 12.5 Å². The first-order valence-corrected chi connectivity index (χ1v) is 5.56. The minimum atomic E-state index is 0.00917. The van der Waals surface area contributed by atoms with Gasteiger partial charge in [-0.15, -0.1) is 0 Å². The van der Waals surface area contributed by atoms with Crippen LogP contribution in [0.1, 0.15) is 19.5 Å². The normalized spacial score (nSPS) is 11.2. The molecule has 84 valence electrons. The predicted octanol–water partition coefficient (Wildman–Crippen LogP) is 2.36. The van der Waals surface area contributed by atoms with Crippen LogP contribution in [0.15, 0.2) is 29.1 Å². The Morgan fingerprint density at radius 3 is 2.50 bits per heavy atom. The third-order valence-electron chi connectivity index (χ3n) is 2.59. The van der Waals surface area contributed by atoms with Crippen LogP contribution < -0.4 is 5.56 Å². The second kappa shape index (κ2) is 4.08. The largest absolute Gasteiger partial charge is 0.274 e. The van der Waals surface area contributed by atoms with E-state index < -0.39 is 0 Å². The lowest BCUT2D eigenvalue weighted by Gasteiger charge is -2.10. The van der Waals surface area contributed by atoms with Crippen LogP contribution in [0.4, 0.5) is 0 Å². The zero-order valence-corrected chi connectivity index (χ0v) is 9.90. The van der Waals surface area contributed by atoms with E-state index >= 15 is 0 Å². The van der Waals surface area contributed by atoms with Crippen molar-refractivity contribution in [3.63, 3.8) is 0 Å². The molecule has 0 bridgehead atoms. The molecule has 3 heteroatoms. The summed E-state index contributed by atoms with van der Waals surface area (Å²) in [6, 6.07) is 7.63. The van der Waals surface area contributed by atoms with E-state index in [4.69, 9.17) is 0 Å². The predicted molar refractivity (Wildman–Crippen MR) is 65.6 cm³/mol. The Morgan fingerprint density at radius 2 is 1.88 bits per heavy atom. The van der Waals surface area contributed by atoms with Gasteiger partial charge in [0, 0.05) is 11.9 Å². The van der Waals surface area contributed by atoms with E-state index in [-0.39, 0.29) is 5.56 Å². The molecule has 0 saturated heterocycles. The number of hydrogen-bond donors (Lipinski definition) is 0. The molecule has 0 atom stereocenters. The Balaban J connectivity index is 2.71. The second-order valence-electron chi connectivity index (χ2n) is 4.51. The highest BCUT2D eigenvalue weighted by atomic mass is 16.1. The third kappa shape index (κ3) is 1.85. The molecule has 0 saturated carbocycles. The van der Waals surface area contributed by atoms with E-state index in [0.717, 1.165) is 16.5 Å². The first-order valence-electron chi connectivity index (χ1n) is 5.56. The molecule has 16 heavy (non-hydrogen) atoms. The van der Waals surface area contributed by atoms with Gasteiger partial charge in [-0.1, -0.05) is 32.0 Å². The van der Waals surface area contributed by atoms with Gasteiger partial charge in [0.05, 0.1) is 11.1 Å². The minimum Gasteiger partial charge on any atom is -0.267 e. The maximum absolute atomic E-state index is 12.1. The lowest BCUT2D eigenvalue weighted by molar-refractivity contribution is 0.464. The molecular formula is C13H16N2O. The number of benzene rings is 1. The maximum atomic E-state index is 12.1. The average Bonchev–Trinajstić information content (AvgIpc) is 2.25. The summed E-state index contributed by atoms with van der Waals surface area (Å²) in [5, 5.41) is 6.06. The van der Waals surface area contributed by atoms with Gasteiger partial charge < -0.3 is 0 Å². The summed E-state index contributed by atoms with van der Waals surface area (Å²) >= 11 is 0. The first-order chi connectivity index (χ1) is 7.59. The molecule has 0 aliphatic carbocycles. The molecule has 0 fully saturated rings. The van der Waals surface area contributed by atoms with Gasteiger partial charge in [-0.2, -0.15) is 5.10 Å². The maximum Gasteiger partial charge on any atom is 0.274 e. The summed E-state index contributed by atoms with van der Waals surface area (Å²) in [6.07, 6.45) is 0. The van der Waals surface area contributed by atoms with Crippen LogP contribution in [0.3, 0.4) is 0 Å². The molecule has 3 nitrogen and oxygen atoms in total. The van der Waals surface area contributed by atoms with Crippen molar-refractivity contribution in [1.29, 1.82) is 0 Å². The molecule has 2 rings (SSSR count). The number of fused-ring (bicyclic) bond motifs is 1. The molecule has 0 radical (unpaired) electrons. The zero-order valence-electron chi connectivity index (χ0n) is 9.90. The molecule has 0 amide bonds. The van der Waals surface area contributed by atoms with Gasteiger partial charge >= 0.3 is 0 Å². The summed E-state index contributed by atoms with van der Waals surface area (Å²) in [7, 11) is 0. The lowest BCUT2D eigenvalue weighted by Crippen LogP contribution is -2.26. The van der Waals surface area contributed by atoms with Crippen molar-refractivity contribution in [3.8, 4) is 0 Å². The molecule has 1 aromatic carbocycles. The standard InChI is InChI=1S/C13H16N2O/c1-9(2)8-15-13(16)12-7-5-4-6-11(12)10(3)14-15/h4-7,9H,8H2,1-3H3. The minimum absolute atomic E-state index is 0.00917. The summed E-state index contributed by atoms with van der Waals surface area (Å²) in [5.74, 6) is 0.422. The van der Waals surface area contributed by atoms with E-state index in [1.165, 1.54) is 0 Å². The van der Waals surface area contributed by atoms with Crippen molar-refractivity contribution >= 4 is 10.8 Å².